The van der Waals surface area contributed by atoms with Gasteiger partial charge in [-0.05, 0) is 36.0 Å². The first-order valence-corrected chi connectivity index (χ1v) is 9.66. The summed E-state index contributed by atoms with van der Waals surface area (Å²) >= 11 is 0. The Bertz CT molecular complexity index is 646. The van der Waals surface area contributed by atoms with Gasteiger partial charge in [0.25, 0.3) is 0 Å². The molecule has 3 fully saturated rings. The summed E-state index contributed by atoms with van der Waals surface area (Å²) in [7, 11) is 0. The van der Waals surface area contributed by atoms with Crippen LogP contribution in [-0.2, 0) is 14.3 Å². The van der Waals surface area contributed by atoms with Crippen molar-refractivity contribution >= 4 is 17.9 Å². The Morgan fingerprint density at radius 3 is 2.44 bits per heavy atom. The summed E-state index contributed by atoms with van der Waals surface area (Å²) in [5, 5.41) is 12.6. The maximum atomic E-state index is 13.1. The van der Waals surface area contributed by atoms with Crippen LogP contribution < -0.4 is 11.1 Å². The molecule has 27 heavy (non-hydrogen) atoms. The molecule has 0 aromatic carbocycles. The van der Waals surface area contributed by atoms with Crippen molar-refractivity contribution in [3.63, 3.8) is 0 Å². The average molecular weight is 381 g/mol. The highest BCUT2D eigenvalue weighted by molar-refractivity contribution is 5.91. The van der Waals surface area contributed by atoms with Crippen LogP contribution in [0.1, 0.15) is 53.4 Å². The van der Waals surface area contributed by atoms with E-state index in [-0.39, 0.29) is 19.1 Å². The highest BCUT2D eigenvalue weighted by Gasteiger charge is 2.57. The standard InChI is InChI=1S/C19H31N3O5/c1-18(2,3)14(16(25)22-9-11(23)6-13(22)15(20)24)21-17(26)27-12-5-10-7-19(10,4)8-12/h10-14,23H,5-9H2,1-4H3,(H2,20,24)(H,21,26)/t10-,11?,12?,13+,14-,19-/m1/s1. The number of nitrogens with two attached hydrogens (primary N) is 1. The molecule has 8 nitrogen and oxygen atoms in total. The van der Waals surface area contributed by atoms with Crippen molar-refractivity contribution in [3.8, 4) is 0 Å². The molecule has 1 aliphatic heterocycles. The Hall–Kier alpha value is -1.83. The van der Waals surface area contributed by atoms with E-state index in [2.05, 4.69) is 12.2 Å². The van der Waals surface area contributed by atoms with Crippen molar-refractivity contribution in [1.82, 2.24) is 10.2 Å². The maximum absolute atomic E-state index is 13.1. The van der Waals surface area contributed by atoms with E-state index in [1.165, 1.54) is 11.3 Å². The number of nitrogens with zero attached hydrogens (tertiary/aromatic N) is 1. The van der Waals surface area contributed by atoms with Gasteiger partial charge in [0.15, 0.2) is 0 Å². The molecule has 4 N–H and O–H groups in total. The Morgan fingerprint density at radius 2 is 1.93 bits per heavy atom. The van der Waals surface area contributed by atoms with Gasteiger partial charge in [-0.2, -0.15) is 0 Å². The summed E-state index contributed by atoms with van der Waals surface area (Å²) in [5.74, 6) is -0.452. The molecule has 1 heterocycles. The van der Waals surface area contributed by atoms with E-state index in [0.717, 1.165) is 12.8 Å². The Labute approximate surface area is 159 Å². The first-order valence-electron chi connectivity index (χ1n) is 9.66. The number of amides is 3. The third-order valence-corrected chi connectivity index (χ3v) is 6.32. The minimum Gasteiger partial charge on any atom is -0.446 e. The summed E-state index contributed by atoms with van der Waals surface area (Å²) in [6.07, 6.45) is 1.52. The third kappa shape index (κ3) is 4.05. The molecule has 0 aromatic heterocycles. The van der Waals surface area contributed by atoms with Crippen LogP contribution in [0.2, 0.25) is 0 Å². The normalized spacial score (nSPS) is 36.1. The fraction of sp³-hybridized carbons (Fsp3) is 0.842. The molecule has 152 valence electrons. The Kier molecular flexibility index (Phi) is 4.91. The van der Waals surface area contributed by atoms with Gasteiger partial charge in [0.05, 0.1) is 6.10 Å². The molecule has 2 saturated carbocycles. The fourth-order valence-corrected chi connectivity index (χ4v) is 4.58. The smallest absolute Gasteiger partial charge is 0.408 e. The lowest BCUT2D eigenvalue weighted by Gasteiger charge is -2.35. The summed E-state index contributed by atoms with van der Waals surface area (Å²) < 4.78 is 5.55. The van der Waals surface area contributed by atoms with Gasteiger partial charge in [0.1, 0.15) is 18.2 Å². The lowest BCUT2D eigenvalue weighted by Crippen LogP contribution is -2.57. The monoisotopic (exact) mass is 381 g/mol. The quantitative estimate of drug-likeness (QED) is 0.664. The van der Waals surface area contributed by atoms with Gasteiger partial charge in [0.2, 0.25) is 11.8 Å². The van der Waals surface area contributed by atoms with E-state index in [1.807, 2.05) is 20.8 Å². The number of hydrogen-bond donors (Lipinski definition) is 3. The van der Waals surface area contributed by atoms with Crippen LogP contribution in [0.3, 0.4) is 0 Å². The highest BCUT2D eigenvalue weighted by Crippen LogP contribution is 2.63. The number of ether oxygens (including phenoxy) is 1. The van der Waals surface area contributed by atoms with Crippen LogP contribution >= 0.6 is 0 Å². The zero-order valence-corrected chi connectivity index (χ0v) is 16.5. The van der Waals surface area contributed by atoms with E-state index in [0.29, 0.717) is 11.3 Å². The lowest BCUT2D eigenvalue weighted by atomic mass is 9.85. The molecule has 6 atom stereocenters. The molecular weight excluding hydrogens is 350 g/mol. The number of β-amino-alcohol motifs (C(OH)–C–C–N with tert-alkyl or cyclic N) is 1. The van der Waals surface area contributed by atoms with Crippen LogP contribution in [0.25, 0.3) is 0 Å². The minimum atomic E-state index is -0.885. The SMILES string of the molecule is CC(C)(C)[C@H](NC(=O)OC1C[C@@H]2C[C@]2(C)C1)C(=O)N1CC(O)C[C@H]1C(N)=O. The summed E-state index contributed by atoms with van der Waals surface area (Å²) in [6, 6.07) is -1.75. The van der Waals surface area contributed by atoms with Crippen LogP contribution in [0.5, 0.6) is 0 Å². The van der Waals surface area contributed by atoms with Crippen LogP contribution in [0.4, 0.5) is 4.79 Å². The summed E-state index contributed by atoms with van der Waals surface area (Å²) in [6.45, 7) is 7.72. The molecule has 2 aliphatic carbocycles. The molecular formula is C19H31N3O5. The zero-order valence-electron chi connectivity index (χ0n) is 16.5. The van der Waals surface area contributed by atoms with Crippen LogP contribution in [0.15, 0.2) is 0 Å². The van der Waals surface area contributed by atoms with E-state index in [9.17, 15) is 19.5 Å². The van der Waals surface area contributed by atoms with Crippen molar-refractivity contribution < 1.29 is 24.2 Å². The number of alkyl carbamates (subject to hydrolysis) is 1. The van der Waals surface area contributed by atoms with Crippen molar-refractivity contribution in [2.75, 3.05) is 6.54 Å². The van der Waals surface area contributed by atoms with Gasteiger partial charge in [-0.25, -0.2) is 4.79 Å². The lowest BCUT2D eigenvalue weighted by molar-refractivity contribution is -0.141. The second-order valence-corrected chi connectivity index (χ2v) is 9.76. The predicted molar refractivity (Wildman–Crippen MR) is 97.4 cm³/mol. The number of aliphatic hydroxyl groups excluding tert-OH is 1. The van der Waals surface area contributed by atoms with E-state index in [1.54, 1.807) is 0 Å². The van der Waals surface area contributed by atoms with Crippen LogP contribution in [0, 0.1) is 16.7 Å². The third-order valence-electron chi connectivity index (χ3n) is 6.32. The molecule has 3 aliphatic rings. The minimum absolute atomic E-state index is 0.0262. The van der Waals surface area contributed by atoms with Gasteiger partial charge in [0, 0.05) is 13.0 Å². The van der Waals surface area contributed by atoms with Crippen molar-refractivity contribution in [3.05, 3.63) is 0 Å². The number of hydrogen-bond acceptors (Lipinski definition) is 5. The molecule has 1 saturated heterocycles. The number of likely N-dealkylation sites (tertiary alicyclic amines) is 1. The molecule has 0 spiro atoms. The first-order chi connectivity index (χ1) is 12.4. The number of rotatable bonds is 4. The van der Waals surface area contributed by atoms with Crippen molar-refractivity contribution in [1.29, 1.82) is 0 Å². The predicted octanol–water partition coefficient (Wildman–Crippen LogP) is 0.763. The number of fused-ring (bicyclic) bond motifs is 1. The summed E-state index contributed by atoms with van der Waals surface area (Å²) in [4.78, 5) is 38.4. The number of carbonyl (C=O) groups is 3. The number of nitrogens with one attached hydrogen (secondary N) is 1. The number of carbonyl (C=O) groups excluding carboxylic acids is 3. The van der Waals surface area contributed by atoms with Gasteiger partial charge in [-0.15, -0.1) is 0 Å². The van der Waals surface area contributed by atoms with Gasteiger partial charge >= 0.3 is 6.09 Å². The van der Waals surface area contributed by atoms with E-state index < -0.39 is 41.5 Å². The largest absolute Gasteiger partial charge is 0.446 e. The second kappa shape index (κ2) is 6.65. The molecule has 0 bridgehead atoms. The second-order valence-electron chi connectivity index (χ2n) is 9.76. The van der Waals surface area contributed by atoms with Crippen molar-refractivity contribution in [2.24, 2.45) is 22.5 Å². The van der Waals surface area contributed by atoms with E-state index >= 15 is 0 Å². The Balaban J connectivity index is 1.65. The maximum Gasteiger partial charge on any atom is 0.408 e. The molecule has 2 unspecified atom stereocenters. The topological polar surface area (TPSA) is 122 Å². The highest BCUT2D eigenvalue weighted by atomic mass is 16.6. The summed E-state index contributed by atoms with van der Waals surface area (Å²) in [5.41, 5.74) is 5.09. The van der Waals surface area contributed by atoms with Gasteiger partial charge in [-0.1, -0.05) is 27.7 Å². The molecule has 3 rings (SSSR count). The van der Waals surface area contributed by atoms with Crippen LogP contribution in [-0.4, -0.2) is 58.8 Å². The molecule has 8 heteroatoms. The van der Waals surface area contributed by atoms with Crippen molar-refractivity contribution in [2.45, 2.75) is 77.7 Å². The number of aliphatic hydroxyl groups is 1. The van der Waals surface area contributed by atoms with Gasteiger partial charge < -0.3 is 25.8 Å². The zero-order chi connectivity index (χ0) is 20.1. The number of primary amides is 1. The Morgan fingerprint density at radius 1 is 1.26 bits per heavy atom. The molecule has 0 radical (unpaired) electrons. The van der Waals surface area contributed by atoms with E-state index in [4.69, 9.17) is 10.5 Å². The average Bonchev–Trinajstić information content (AvgIpc) is 2.87. The first kappa shape index (κ1) is 19.9. The molecule has 0 aromatic rings. The van der Waals surface area contributed by atoms with Gasteiger partial charge in [-0.3, -0.25) is 9.59 Å². The molecule has 3 amide bonds. The fourth-order valence-electron chi connectivity index (χ4n) is 4.58.